The minimum atomic E-state index is -2.93. The summed E-state index contributed by atoms with van der Waals surface area (Å²) < 4.78 is 23.3. The van der Waals surface area contributed by atoms with Crippen LogP contribution in [0.3, 0.4) is 0 Å². The number of nitrogens with zero attached hydrogens (tertiary/aromatic N) is 2. The largest absolute Gasteiger partial charge is 0.337 e. The summed E-state index contributed by atoms with van der Waals surface area (Å²) in [6, 6.07) is 7.73. The summed E-state index contributed by atoms with van der Waals surface area (Å²) in [5.74, 6) is 0.159. The Morgan fingerprint density at radius 3 is 2.48 bits per heavy atom. The van der Waals surface area contributed by atoms with E-state index in [1.54, 1.807) is 11.0 Å². The highest BCUT2D eigenvalue weighted by atomic mass is 79.9. The Labute approximate surface area is 146 Å². The topological polar surface area (TPSA) is 57.7 Å². The molecule has 1 aliphatic heterocycles. The fraction of sp³-hybridized carbons (Fsp3) is 0.438. The van der Waals surface area contributed by atoms with Gasteiger partial charge in [-0.05, 0) is 17.7 Å². The molecule has 0 unspecified atom stereocenters. The number of piperazine rings is 1. The molecule has 0 saturated carbocycles. The lowest BCUT2D eigenvalue weighted by molar-refractivity contribution is -0.127. The summed E-state index contributed by atoms with van der Waals surface area (Å²) in [6.45, 7) is 3.22. The van der Waals surface area contributed by atoms with Crippen LogP contribution in [0.15, 0.2) is 34.8 Å². The van der Waals surface area contributed by atoms with E-state index in [-0.39, 0.29) is 11.7 Å². The second-order valence-corrected chi connectivity index (χ2v) is 8.77. The number of rotatable bonds is 5. The fourth-order valence-electron chi connectivity index (χ4n) is 2.36. The highest BCUT2D eigenvalue weighted by Gasteiger charge is 2.20. The summed E-state index contributed by atoms with van der Waals surface area (Å²) in [5.41, 5.74) is 0.965. The predicted molar refractivity (Wildman–Crippen MR) is 95.9 cm³/mol. The third-order valence-corrected chi connectivity index (χ3v) is 5.42. The van der Waals surface area contributed by atoms with Crippen molar-refractivity contribution < 1.29 is 13.2 Å². The minimum Gasteiger partial charge on any atom is -0.337 e. The fourth-order valence-corrected chi connectivity index (χ4v) is 3.37. The van der Waals surface area contributed by atoms with Crippen molar-refractivity contribution in [1.29, 1.82) is 0 Å². The summed E-state index contributed by atoms with van der Waals surface area (Å²) in [7, 11) is -2.93. The molecule has 0 aliphatic carbocycles. The number of benzene rings is 1. The molecule has 0 bridgehead atoms. The number of carbonyl (C=O) groups excluding carboxylic acids is 1. The Balaban J connectivity index is 1.83. The highest BCUT2D eigenvalue weighted by molar-refractivity contribution is 9.10. The van der Waals surface area contributed by atoms with E-state index in [1.807, 2.05) is 30.3 Å². The first-order valence-corrected chi connectivity index (χ1v) is 10.3. The molecular formula is C16H21BrN2O3S. The summed E-state index contributed by atoms with van der Waals surface area (Å²) in [6.07, 6.45) is 4.65. The van der Waals surface area contributed by atoms with E-state index in [1.165, 1.54) is 6.26 Å². The monoisotopic (exact) mass is 400 g/mol. The van der Waals surface area contributed by atoms with Crippen molar-refractivity contribution >= 4 is 37.8 Å². The molecule has 1 amide bonds. The van der Waals surface area contributed by atoms with Crippen LogP contribution in [-0.4, -0.2) is 68.9 Å². The van der Waals surface area contributed by atoms with Crippen LogP contribution in [0.4, 0.5) is 0 Å². The predicted octanol–water partition coefficient (Wildman–Crippen LogP) is 1.65. The first-order valence-electron chi connectivity index (χ1n) is 7.47. The number of hydrogen-bond acceptors (Lipinski definition) is 4. The van der Waals surface area contributed by atoms with Gasteiger partial charge in [0, 0.05) is 49.5 Å². The van der Waals surface area contributed by atoms with Crippen LogP contribution in [-0.2, 0) is 14.6 Å². The second kappa shape index (κ2) is 8.08. The van der Waals surface area contributed by atoms with Crippen LogP contribution in [0, 0.1) is 0 Å². The van der Waals surface area contributed by atoms with Gasteiger partial charge in [0.05, 0.1) is 5.75 Å². The first-order chi connectivity index (χ1) is 10.8. The first kappa shape index (κ1) is 18.2. The number of hydrogen-bond donors (Lipinski definition) is 0. The molecule has 23 heavy (non-hydrogen) atoms. The lowest BCUT2D eigenvalue weighted by Gasteiger charge is -2.34. The van der Waals surface area contributed by atoms with Crippen molar-refractivity contribution in [3.63, 3.8) is 0 Å². The van der Waals surface area contributed by atoms with E-state index < -0.39 is 9.84 Å². The molecule has 1 heterocycles. The molecule has 1 aromatic carbocycles. The average molecular weight is 401 g/mol. The maximum Gasteiger partial charge on any atom is 0.246 e. The van der Waals surface area contributed by atoms with E-state index in [0.29, 0.717) is 32.7 Å². The van der Waals surface area contributed by atoms with Crippen molar-refractivity contribution in [2.45, 2.75) is 0 Å². The van der Waals surface area contributed by atoms with Crippen molar-refractivity contribution in [3.8, 4) is 0 Å². The van der Waals surface area contributed by atoms with E-state index in [9.17, 15) is 13.2 Å². The molecule has 0 atom stereocenters. The smallest absolute Gasteiger partial charge is 0.246 e. The van der Waals surface area contributed by atoms with Crippen LogP contribution in [0.2, 0.25) is 0 Å². The quantitative estimate of drug-likeness (QED) is 0.705. The van der Waals surface area contributed by atoms with Gasteiger partial charge in [-0.2, -0.15) is 0 Å². The lowest BCUT2D eigenvalue weighted by atomic mass is 10.2. The molecule has 1 fully saturated rings. The summed E-state index contributed by atoms with van der Waals surface area (Å²) >= 11 is 3.45. The van der Waals surface area contributed by atoms with Crippen molar-refractivity contribution in [3.05, 3.63) is 40.4 Å². The standard InChI is InChI=1S/C16H21BrN2O3S/c1-23(21,22)13-12-18-8-10-19(11-9-18)16(20)7-6-14-4-2-3-5-15(14)17/h2-7H,8-13H2,1H3/b7-6+. The van der Waals surface area contributed by atoms with E-state index >= 15 is 0 Å². The van der Waals surface area contributed by atoms with Crippen LogP contribution >= 0.6 is 15.9 Å². The number of carbonyl (C=O) groups is 1. The Morgan fingerprint density at radius 2 is 1.87 bits per heavy atom. The Bertz CT molecular complexity index is 680. The van der Waals surface area contributed by atoms with E-state index in [4.69, 9.17) is 0 Å². The van der Waals surface area contributed by atoms with Gasteiger partial charge in [0.25, 0.3) is 0 Å². The zero-order chi connectivity index (χ0) is 16.9. The minimum absolute atomic E-state index is 0.0106. The molecule has 0 radical (unpaired) electrons. The Hall–Kier alpha value is -1.18. The van der Waals surface area contributed by atoms with Gasteiger partial charge in [0.15, 0.2) is 0 Å². The van der Waals surface area contributed by atoms with Crippen molar-refractivity contribution in [2.75, 3.05) is 44.7 Å². The third kappa shape index (κ3) is 6.08. The molecule has 0 aromatic heterocycles. The van der Waals surface area contributed by atoms with Crippen LogP contribution < -0.4 is 0 Å². The normalized spacial score (nSPS) is 16.9. The number of sulfone groups is 1. The van der Waals surface area contributed by atoms with Crippen LogP contribution in [0.1, 0.15) is 5.56 Å². The summed E-state index contributed by atoms with van der Waals surface area (Å²) in [5, 5.41) is 0. The van der Waals surface area contributed by atoms with Gasteiger partial charge in [-0.1, -0.05) is 34.1 Å². The molecular weight excluding hydrogens is 380 g/mol. The Kier molecular flexibility index (Phi) is 6.38. The van der Waals surface area contributed by atoms with E-state index in [0.717, 1.165) is 10.0 Å². The molecule has 7 heteroatoms. The van der Waals surface area contributed by atoms with Gasteiger partial charge >= 0.3 is 0 Å². The van der Waals surface area contributed by atoms with Gasteiger partial charge < -0.3 is 4.90 Å². The zero-order valence-corrected chi connectivity index (χ0v) is 15.5. The molecule has 1 aliphatic rings. The SMILES string of the molecule is CS(=O)(=O)CCN1CCN(C(=O)/C=C/c2ccccc2Br)CC1. The maximum absolute atomic E-state index is 12.2. The molecule has 126 valence electrons. The highest BCUT2D eigenvalue weighted by Crippen LogP contribution is 2.17. The van der Waals surface area contributed by atoms with Gasteiger partial charge in [0.1, 0.15) is 9.84 Å². The second-order valence-electron chi connectivity index (χ2n) is 5.65. The van der Waals surface area contributed by atoms with Crippen LogP contribution in [0.5, 0.6) is 0 Å². The van der Waals surface area contributed by atoms with Gasteiger partial charge in [-0.3, -0.25) is 9.69 Å². The number of halogens is 1. The third-order valence-electron chi connectivity index (χ3n) is 3.77. The van der Waals surface area contributed by atoms with Gasteiger partial charge in [-0.15, -0.1) is 0 Å². The van der Waals surface area contributed by atoms with E-state index in [2.05, 4.69) is 20.8 Å². The Morgan fingerprint density at radius 1 is 1.22 bits per heavy atom. The van der Waals surface area contributed by atoms with Gasteiger partial charge in [0.2, 0.25) is 5.91 Å². The molecule has 1 aromatic rings. The van der Waals surface area contributed by atoms with Crippen LogP contribution in [0.25, 0.3) is 6.08 Å². The maximum atomic E-state index is 12.2. The van der Waals surface area contributed by atoms with Crippen molar-refractivity contribution in [1.82, 2.24) is 9.80 Å². The zero-order valence-electron chi connectivity index (χ0n) is 13.1. The average Bonchev–Trinajstić information content (AvgIpc) is 2.52. The van der Waals surface area contributed by atoms with Gasteiger partial charge in [-0.25, -0.2) is 8.42 Å². The molecule has 0 N–H and O–H groups in total. The lowest BCUT2D eigenvalue weighted by Crippen LogP contribution is -2.49. The summed E-state index contributed by atoms with van der Waals surface area (Å²) in [4.78, 5) is 16.1. The molecule has 0 spiro atoms. The number of amides is 1. The molecule has 2 rings (SSSR count). The molecule has 1 saturated heterocycles. The molecule has 5 nitrogen and oxygen atoms in total. The van der Waals surface area contributed by atoms with Crippen molar-refractivity contribution in [2.24, 2.45) is 0 Å².